The smallest absolute Gasteiger partial charge is 0.330 e. The summed E-state index contributed by atoms with van der Waals surface area (Å²) in [6, 6.07) is 0.792. The van der Waals surface area contributed by atoms with Crippen LogP contribution in [0.2, 0.25) is 6.04 Å². The summed E-state index contributed by atoms with van der Waals surface area (Å²) in [5, 5.41) is 0. The van der Waals surface area contributed by atoms with E-state index >= 15 is 0 Å². The Bertz CT molecular complexity index is 207. The standard InChI is InChI=1S/C10H18O5Si/c1-5-9(11)15-7-6-8-16-10(12-2,13-3)14-4/h5H,1,6-8H2,2-4H3. The normalized spacial score (nSPS) is 11.2. The zero-order valence-electron chi connectivity index (χ0n) is 9.95. The van der Waals surface area contributed by atoms with Gasteiger partial charge in [-0.05, 0) is 6.42 Å². The van der Waals surface area contributed by atoms with Gasteiger partial charge in [0.05, 0.1) is 6.61 Å². The molecule has 0 saturated heterocycles. The Kier molecular flexibility index (Phi) is 8.09. The molecule has 2 radical (unpaired) electrons. The van der Waals surface area contributed by atoms with Crippen molar-refractivity contribution in [1.29, 1.82) is 0 Å². The molecule has 0 rings (SSSR count). The molecule has 92 valence electrons. The molecule has 0 aliphatic carbocycles. The van der Waals surface area contributed by atoms with Gasteiger partial charge < -0.3 is 18.9 Å². The molecule has 0 unspecified atom stereocenters. The van der Waals surface area contributed by atoms with Gasteiger partial charge in [-0.3, -0.25) is 0 Å². The van der Waals surface area contributed by atoms with Gasteiger partial charge >= 0.3 is 5.97 Å². The third-order valence-corrected chi connectivity index (χ3v) is 3.53. The molecule has 0 N–H and O–H groups in total. The molecule has 0 aromatic carbocycles. The van der Waals surface area contributed by atoms with E-state index in [0.717, 1.165) is 18.5 Å². The van der Waals surface area contributed by atoms with Gasteiger partial charge in [-0.1, -0.05) is 12.6 Å². The van der Waals surface area contributed by atoms with Crippen LogP contribution in [-0.2, 0) is 23.7 Å². The predicted octanol–water partition coefficient (Wildman–Crippen LogP) is 0.779. The SMILES string of the molecule is C=CC(=O)OCCC[Si]C(OC)(OC)OC. The molecule has 6 heteroatoms. The molecule has 0 aromatic rings. The Labute approximate surface area is 98.5 Å². The summed E-state index contributed by atoms with van der Waals surface area (Å²) in [5.41, 5.74) is -0.970. The average molecular weight is 246 g/mol. The zero-order valence-corrected chi connectivity index (χ0v) is 10.9. The van der Waals surface area contributed by atoms with Gasteiger partial charge in [-0.2, -0.15) is 0 Å². The molecule has 0 spiro atoms. The largest absolute Gasteiger partial charge is 0.463 e. The maximum absolute atomic E-state index is 10.7. The first kappa shape index (κ1) is 15.3. The van der Waals surface area contributed by atoms with Gasteiger partial charge in [0.2, 0.25) is 0 Å². The van der Waals surface area contributed by atoms with Crippen LogP contribution in [0.4, 0.5) is 0 Å². The molecule has 0 aromatic heterocycles. The second-order valence-electron chi connectivity index (χ2n) is 2.82. The monoisotopic (exact) mass is 246 g/mol. The molecular formula is C10H18O5Si. The van der Waals surface area contributed by atoms with Gasteiger partial charge in [0.1, 0.15) is 0 Å². The van der Waals surface area contributed by atoms with Crippen LogP contribution in [0.1, 0.15) is 6.42 Å². The predicted molar refractivity (Wildman–Crippen MR) is 60.1 cm³/mol. The highest BCUT2D eigenvalue weighted by atomic mass is 28.2. The number of esters is 1. The molecule has 16 heavy (non-hydrogen) atoms. The minimum Gasteiger partial charge on any atom is -0.463 e. The summed E-state index contributed by atoms with van der Waals surface area (Å²) < 4.78 is 20.2. The quantitative estimate of drug-likeness (QED) is 0.198. The maximum Gasteiger partial charge on any atom is 0.330 e. The maximum atomic E-state index is 10.7. The van der Waals surface area contributed by atoms with Gasteiger partial charge in [-0.25, -0.2) is 4.79 Å². The van der Waals surface area contributed by atoms with Crippen LogP contribution in [0.3, 0.4) is 0 Å². The number of carbonyl (C=O) groups excluding carboxylic acids is 1. The second kappa shape index (κ2) is 8.46. The minimum absolute atomic E-state index is 0.314. The molecule has 0 bridgehead atoms. The van der Waals surface area contributed by atoms with E-state index in [-0.39, 0.29) is 0 Å². The summed E-state index contributed by atoms with van der Waals surface area (Å²) in [4.78, 5) is 10.7. The highest BCUT2D eigenvalue weighted by Crippen LogP contribution is 2.12. The van der Waals surface area contributed by atoms with Crippen molar-refractivity contribution in [3.63, 3.8) is 0 Å². The van der Waals surface area contributed by atoms with Gasteiger partial charge in [0.15, 0.2) is 9.52 Å². The molecule has 0 saturated carbocycles. The first-order chi connectivity index (χ1) is 7.64. The van der Waals surface area contributed by atoms with E-state index in [1.54, 1.807) is 0 Å². The van der Waals surface area contributed by atoms with Crippen molar-refractivity contribution >= 4 is 15.5 Å². The van der Waals surface area contributed by atoms with E-state index in [0.29, 0.717) is 16.1 Å². The Morgan fingerprint density at radius 1 is 1.31 bits per heavy atom. The fourth-order valence-corrected chi connectivity index (χ4v) is 2.07. The van der Waals surface area contributed by atoms with E-state index in [1.807, 2.05) is 0 Å². The number of carbonyl (C=O) groups is 1. The summed E-state index contributed by atoms with van der Waals surface area (Å²) in [7, 11) is 4.89. The summed E-state index contributed by atoms with van der Waals surface area (Å²) in [6.07, 6.45) is 1.88. The fraction of sp³-hybridized carbons (Fsp3) is 0.700. The average Bonchev–Trinajstić information content (AvgIpc) is 2.34. The lowest BCUT2D eigenvalue weighted by Gasteiger charge is -2.28. The summed E-state index contributed by atoms with van der Waals surface area (Å²) in [6.45, 7) is 3.67. The van der Waals surface area contributed by atoms with Crippen molar-refractivity contribution in [2.75, 3.05) is 27.9 Å². The minimum atomic E-state index is -0.970. The topological polar surface area (TPSA) is 54.0 Å². The van der Waals surface area contributed by atoms with E-state index in [1.165, 1.54) is 21.3 Å². The lowest BCUT2D eigenvalue weighted by molar-refractivity contribution is -0.294. The number of rotatable bonds is 9. The van der Waals surface area contributed by atoms with Gasteiger partial charge in [0, 0.05) is 27.4 Å². The number of ether oxygens (including phenoxy) is 4. The molecule has 0 aliphatic rings. The van der Waals surface area contributed by atoms with Gasteiger partial charge in [-0.15, -0.1) is 0 Å². The second-order valence-corrected chi connectivity index (χ2v) is 4.29. The molecule has 0 aliphatic heterocycles. The first-order valence-electron chi connectivity index (χ1n) is 4.83. The van der Waals surface area contributed by atoms with Crippen LogP contribution in [-0.4, -0.2) is 49.0 Å². The van der Waals surface area contributed by atoms with Crippen molar-refractivity contribution in [1.82, 2.24) is 0 Å². The third kappa shape index (κ3) is 5.41. The molecule has 0 fully saturated rings. The molecular weight excluding hydrogens is 228 g/mol. The third-order valence-electron chi connectivity index (χ3n) is 1.88. The highest BCUT2D eigenvalue weighted by Gasteiger charge is 2.29. The van der Waals surface area contributed by atoms with Gasteiger partial charge in [0.25, 0.3) is 5.60 Å². The first-order valence-corrected chi connectivity index (χ1v) is 6.04. The lowest BCUT2D eigenvalue weighted by Crippen LogP contribution is -2.42. The van der Waals surface area contributed by atoms with Crippen molar-refractivity contribution in [2.45, 2.75) is 18.1 Å². The summed E-state index contributed by atoms with van der Waals surface area (Å²) >= 11 is 0. The molecule has 0 atom stereocenters. The van der Waals surface area contributed by atoms with Crippen molar-refractivity contribution in [3.8, 4) is 0 Å². The Hall–Kier alpha value is -0.693. The van der Waals surface area contributed by atoms with Crippen LogP contribution in [0.25, 0.3) is 0 Å². The fourth-order valence-electron chi connectivity index (χ4n) is 1.01. The molecule has 0 amide bonds. The number of hydrogen-bond acceptors (Lipinski definition) is 5. The van der Waals surface area contributed by atoms with E-state index in [9.17, 15) is 4.79 Å². The lowest BCUT2D eigenvalue weighted by atomic mass is 10.5. The molecule has 5 nitrogen and oxygen atoms in total. The van der Waals surface area contributed by atoms with Crippen LogP contribution in [0, 0.1) is 0 Å². The zero-order chi connectivity index (χ0) is 12.4. The Morgan fingerprint density at radius 3 is 2.31 bits per heavy atom. The number of methoxy groups -OCH3 is 3. The highest BCUT2D eigenvalue weighted by molar-refractivity contribution is 6.38. The molecule has 0 heterocycles. The van der Waals surface area contributed by atoms with Crippen molar-refractivity contribution < 1.29 is 23.7 Å². The summed E-state index contributed by atoms with van der Waals surface area (Å²) in [5.74, 6) is -0.403. The van der Waals surface area contributed by atoms with Crippen LogP contribution in [0.15, 0.2) is 12.7 Å². The Balaban J connectivity index is 3.71. The van der Waals surface area contributed by atoms with E-state index in [2.05, 4.69) is 6.58 Å². The van der Waals surface area contributed by atoms with E-state index < -0.39 is 11.6 Å². The number of hydrogen-bond donors (Lipinski definition) is 0. The van der Waals surface area contributed by atoms with Crippen LogP contribution >= 0.6 is 0 Å². The Morgan fingerprint density at radius 2 is 1.88 bits per heavy atom. The van der Waals surface area contributed by atoms with Crippen molar-refractivity contribution in [3.05, 3.63) is 12.7 Å². The van der Waals surface area contributed by atoms with Crippen LogP contribution < -0.4 is 0 Å². The van der Waals surface area contributed by atoms with E-state index in [4.69, 9.17) is 18.9 Å². The van der Waals surface area contributed by atoms with Crippen LogP contribution in [0.5, 0.6) is 0 Å². The van der Waals surface area contributed by atoms with Crippen molar-refractivity contribution in [2.24, 2.45) is 0 Å².